The number of amides is 2. The Morgan fingerprint density at radius 1 is 1.18 bits per heavy atom. The predicted octanol–water partition coefficient (Wildman–Crippen LogP) is 1.78. The second-order valence-electron chi connectivity index (χ2n) is 7.50. The van der Waals surface area contributed by atoms with E-state index in [1.54, 1.807) is 36.1 Å². The number of aryl methyl sites for hydroxylation is 1. The first kappa shape index (κ1) is 24.1. The number of hydrogen-bond donors (Lipinski definition) is 1. The van der Waals surface area contributed by atoms with Crippen LogP contribution >= 0.6 is 0 Å². The topological polar surface area (TPSA) is 139 Å². The van der Waals surface area contributed by atoms with Crippen molar-refractivity contribution < 1.29 is 27.7 Å². The number of carbonyl (C=O) groups is 2. The lowest BCUT2D eigenvalue weighted by Gasteiger charge is -2.28. The molecule has 0 spiro atoms. The van der Waals surface area contributed by atoms with E-state index in [2.05, 4.69) is 5.32 Å². The quantitative estimate of drug-likeness (QED) is 0.475. The number of morpholine rings is 1. The van der Waals surface area contributed by atoms with Gasteiger partial charge in [-0.3, -0.25) is 24.0 Å². The molecule has 1 N–H and O–H groups in total. The number of rotatable bonds is 7. The van der Waals surface area contributed by atoms with Crippen LogP contribution in [0.1, 0.15) is 15.9 Å². The number of non-ortho nitro benzene ring substituents is 1. The first-order valence-corrected chi connectivity index (χ1v) is 11.9. The van der Waals surface area contributed by atoms with Crippen molar-refractivity contribution in [1.29, 1.82) is 0 Å². The van der Waals surface area contributed by atoms with Crippen LogP contribution < -0.4 is 9.62 Å². The second-order valence-corrected chi connectivity index (χ2v) is 9.40. The van der Waals surface area contributed by atoms with Gasteiger partial charge in [-0.25, -0.2) is 8.42 Å². The smallest absolute Gasteiger partial charge is 0.271 e. The maximum absolute atomic E-state index is 12.9. The highest BCUT2D eigenvalue weighted by molar-refractivity contribution is 7.92. The first-order chi connectivity index (χ1) is 15.6. The Morgan fingerprint density at radius 2 is 1.85 bits per heavy atom. The van der Waals surface area contributed by atoms with Crippen LogP contribution in [0.4, 0.5) is 17.1 Å². The molecular weight excluding hydrogens is 452 g/mol. The number of hydrogen-bond acceptors (Lipinski definition) is 7. The van der Waals surface area contributed by atoms with Crippen molar-refractivity contribution in [2.45, 2.75) is 6.92 Å². The molecule has 33 heavy (non-hydrogen) atoms. The van der Waals surface area contributed by atoms with Crippen molar-refractivity contribution >= 4 is 38.9 Å². The van der Waals surface area contributed by atoms with Crippen molar-refractivity contribution in [1.82, 2.24) is 4.90 Å². The predicted molar refractivity (Wildman–Crippen MR) is 122 cm³/mol. The molecule has 1 heterocycles. The third kappa shape index (κ3) is 5.84. The van der Waals surface area contributed by atoms with E-state index >= 15 is 0 Å². The van der Waals surface area contributed by atoms with E-state index in [1.165, 1.54) is 12.1 Å². The van der Waals surface area contributed by atoms with Gasteiger partial charge in [-0.05, 0) is 24.6 Å². The SMILES string of the molecule is Cc1ccc([N+](=O)[O-])cc1N(CC(=O)Nc1ccccc1C(=O)N1CCOCC1)S(C)(=O)=O. The number of nitro groups is 1. The number of sulfonamides is 1. The maximum atomic E-state index is 12.9. The Hall–Kier alpha value is -3.51. The minimum absolute atomic E-state index is 0.0273. The summed E-state index contributed by atoms with van der Waals surface area (Å²) in [6.07, 6.45) is 0.911. The molecule has 1 aliphatic heterocycles. The van der Waals surface area contributed by atoms with Gasteiger partial charge in [0.1, 0.15) is 6.54 Å². The lowest BCUT2D eigenvalue weighted by atomic mass is 10.1. The maximum Gasteiger partial charge on any atom is 0.271 e. The van der Waals surface area contributed by atoms with E-state index in [0.717, 1.165) is 16.6 Å². The van der Waals surface area contributed by atoms with Gasteiger partial charge in [0.15, 0.2) is 0 Å². The lowest BCUT2D eigenvalue weighted by molar-refractivity contribution is -0.384. The minimum atomic E-state index is -3.95. The molecule has 0 bridgehead atoms. The van der Waals surface area contributed by atoms with Gasteiger partial charge in [-0.15, -0.1) is 0 Å². The lowest BCUT2D eigenvalue weighted by Crippen LogP contribution is -2.41. The Balaban J connectivity index is 1.85. The number of benzene rings is 2. The molecule has 1 aliphatic rings. The Bertz CT molecular complexity index is 1180. The molecule has 0 saturated carbocycles. The van der Waals surface area contributed by atoms with Crippen LogP contribution in [0.2, 0.25) is 0 Å². The summed E-state index contributed by atoms with van der Waals surface area (Å²) in [6.45, 7) is 2.66. The summed E-state index contributed by atoms with van der Waals surface area (Å²) in [7, 11) is -3.95. The number of nitrogens with zero attached hydrogens (tertiary/aromatic N) is 3. The normalized spacial score (nSPS) is 13.9. The second kappa shape index (κ2) is 9.96. The molecule has 0 aromatic heterocycles. The molecule has 12 heteroatoms. The minimum Gasteiger partial charge on any atom is -0.378 e. The standard InChI is InChI=1S/C21H24N4O7S/c1-15-7-8-16(25(28)29)13-19(15)24(33(2,30)31)14-20(26)22-18-6-4-3-5-17(18)21(27)23-9-11-32-12-10-23/h3-8,13H,9-12,14H2,1-2H3,(H,22,26). The fourth-order valence-electron chi connectivity index (χ4n) is 3.40. The largest absolute Gasteiger partial charge is 0.378 e. The van der Waals surface area contributed by atoms with E-state index in [4.69, 9.17) is 4.74 Å². The molecule has 0 aliphatic carbocycles. The summed E-state index contributed by atoms with van der Waals surface area (Å²) in [6, 6.07) is 10.2. The van der Waals surface area contributed by atoms with Crippen LogP contribution in [0.5, 0.6) is 0 Å². The number of ether oxygens (including phenoxy) is 1. The van der Waals surface area contributed by atoms with Gasteiger partial charge in [0.25, 0.3) is 11.6 Å². The summed E-state index contributed by atoms with van der Waals surface area (Å²) < 4.78 is 30.9. The molecule has 2 aromatic carbocycles. The molecule has 11 nitrogen and oxygen atoms in total. The molecule has 1 saturated heterocycles. The monoisotopic (exact) mass is 476 g/mol. The van der Waals surface area contributed by atoms with Gasteiger partial charge in [0.05, 0.1) is 41.3 Å². The van der Waals surface area contributed by atoms with Crippen molar-refractivity contribution in [3.63, 3.8) is 0 Å². The Kier molecular flexibility index (Phi) is 7.29. The van der Waals surface area contributed by atoms with E-state index < -0.39 is 27.4 Å². The van der Waals surface area contributed by atoms with Gasteiger partial charge in [0, 0.05) is 25.2 Å². The van der Waals surface area contributed by atoms with Crippen molar-refractivity contribution in [3.05, 3.63) is 63.7 Å². The third-order valence-electron chi connectivity index (χ3n) is 5.09. The number of nitro benzene ring substituents is 1. The van der Waals surface area contributed by atoms with Crippen molar-refractivity contribution in [2.75, 3.05) is 48.7 Å². The Morgan fingerprint density at radius 3 is 2.48 bits per heavy atom. The zero-order valence-electron chi connectivity index (χ0n) is 18.2. The van der Waals surface area contributed by atoms with Crippen LogP contribution in [-0.4, -0.2) is 69.2 Å². The summed E-state index contributed by atoms with van der Waals surface area (Å²) in [5, 5.41) is 13.7. The summed E-state index contributed by atoms with van der Waals surface area (Å²) in [5.41, 5.74) is 0.681. The number of carbonyl (C=O) groups excluding carboxylic acids is 2. The Labute approximate surface area is 191 Å². The highest BCUT2D eigenvalue weighted by Gasteiger charge is 2.26. The molecule has 0 radical (unpaired) electrons. The first-order valence-electron chi connectivity index (χ1n) is 10.1. The molecule has 2 amide bonds. The van der Waals surface area contributed by atoms with Gasteiger partial charge < -0.3 is 15.0 Å². The van der Waals surface area contributed by atoms with Gasteiger partial charge in [0.2, 0.25) is 15.9 Å². The molecule has 0 atom stereocenters. The van der Waals surface area contributed by atoms with E-state index in [9.17, 15) is 28.1 Å². The number of para-hydroxylation sites is 1. The molecule has 0 unspecified atom stereocenters. The fourth-order valence-corrected chi connectivity index (χ4v) is 4.30. The highest BCUT2D eigenvalue weighted by atomic mass is 32.2. The average molecular weight is 477 g/mol. The van der Waals surface area contributed by atoms with Crippen LogP contribution in [0.25, 0.3) is 0 Å². The van der Waals surface area contributed by atoms with E-state index in [0.29, 0.717) is 31.9 Å². The molecule has 1 fully saturated rings. The van der Waals surface area contributed by atoms with Crippen molar-refractivity contribution in [3.8, 4) is 0 Å². The van der Waals surface area contributed by atoms with Gasteiger partial charge >= 0.3 is 0 Å². The fraction of sp³-hybridized carbons (Fsp3) is 0.333. The van der Waals surface area contributed by atoms with Crippen LogP contribution in [-0.2, 0) is 19.6 Å². The van der Waals surface area contributed by atoms with Gasteiger partial charge in [-0.2, -0.15) is 0 Å². The third-order valence-corrected chi connectivity index (χ3v) is 6.22. The highest BCUT2D eigenvalue weighted by Crippen LogP contribution is 2.27. The molecule has 3 rings (SSSR count). The van der Waals surface area contributed by atoms with Crippen molar-refractivity contribution in [2.24, 2.45) is 0 Å². The molecular formula is C21H24N4O7S. The average Bonchev–Trinajstić information content (AvgIpc) is 2.77. The number of anilines is 2. The summed E-state index contributed by atoms with van der Waals surface area (Å²) in [5.74, 6) is -0.975. The summed E-state index contributed by atoms with van der Waals surface area (Å²) in [4.78, 5) is 37.8. The van der Waals surface area contributed by atoms with E-state index in [1.807, 2.05) is 0 Å². The van der Waals surface area contributed by atoms with Crippen LogP contribution in [0, 0.1) is 17.0 Å². The van der Waals surface area contributed by atoms with Crippen LogP contribution in [0.3, 0.4) is 0 Å². The van der Waals surface area contributed by atoms with E-state index in [-0.39, 0.29) is 28.5 Å². The molecule has 2 aromatic rings. The zero-order chi connectivity index (χ0) is 24.2. The molecule has 176 valence electrons. The van der Waals surface area contributed by atoms with Crippen LogP contribution in [0.15, 0.2) is 42.5 Å². The zero-order valence-corrected chi connectivity index (χ0v) is 19.0. The van der Waals surface area contributed by atoms with Gasteiger partial charge in [-0.1, -0.05) is 18.2 Å². The summed E-state index contributed by atoms with van der Waals surface area (Å²) >= 11 is 0. The number of nitrogens with one attached hydrogen (secondary N) is 1.